The van der Waals surface area contributed by atoms with E-state index in [4.69, 9.17) is 4.98 Å². The Balaban J connectivity index is 1.93. The van der Waals surface area contributed by atoms with Crippen LogP contribution >= 0.6 is 0 Å². The molecule has 3 nitrogen and oxygen atoms in total. The maximum absolute atomic E-state index is 4.78. The third kappa shape index (κ3) is 4.25. The van der Waals surface area contributed by atoms with Gasteiger partial charge >= 0.3 is 0 Å². The van der Waals surface area contributed by atoms with Crippen molar-refractivity contribution in [2.24, 2.45) is 14.1 Å². The molecule has 170 valence electrons. The third-order valence-electron chi connectivity index (χ3n) is 6.66. The van der Waals surface area contributed by atoms with Gasteiger partial charge in [-0.2, -0.15) is 0 Å². The van der Waals surface area contributed by atoms with Gasteiger partial charge in [0.15, 0.2) is 6.20 Å². The number of rotatable bonds is 5. The van der Waals surface area contributed by atoms with Crippen molar-refractivity contribution in [1.29, 1.82) is 0 Å². The Kier molecular flexibility index (Phi) is 6.25. The summed E-state index contributed by atoms with van der Waals surface area (Å²) in [5.41, 5.74) is 11.4. The van der Waals surface area contributed by atoms with E-state index in [9.17, 15) is 0 Å². The number of hydrogen-bond donors (Lipinski definition) is 0. The first kappa shape index (κ1) is 23.0. The summed E-state index contributed by atoms with van der Waals surface area (Å²) in [5.74, 6) is 1.94. The monoisotopic (exact) mass is 438 g/mol. The molecule has 0 N–H and O–H groups in total. The lowest BCUT2D eigenvalue weighted by Gasteiger charge is -2.20. The lowest BCUT2D eigenvalue weighted by Crippen LogP contribution is -2.30. The predicted octanol–water partition coefficient (Wildman–Crippen LogP) is 7.11. The SMILES string of the molecule is Cc1cn(C)c(-c2cccc(-c3cc(-c4c(C(C)C)cccc4C(C)C)cc[n+]3C)c2C)n1. The van der Waals surface area contributed by atoms with Gasteiger partial charge in [-0.15, -0.1) is 0 Å². The molecule has 0 unspecified atom stereocenters. The number of nitrogens with zero attached hydrogens (tertiary/aromatic N) is 3. The second-order valence-corrected chi connectivity index (χ2v) is 9.83. The average molecular weight is 439 g/mol. The van der Waals surface area contributed by atoms with Crippen LogP contribution in [0.15, 0.2) is 60.9 Å². The van der Waals surface area contributed by atoms with Crippen LogP contribution in [-0.4, -0.2) is 9.55 Å². The van der Waals surface area contributed by atoms with Gasteiger partial charge in [0.25, 0.3) is 0 Å². The van der Waals surface area contributed by atoms with Crippen LogP contribution in [0.25, 0.3) is 33.8 Å². The van der Waals surface area contributed by atoms with Crippen LogP contribution in [0.5, 0.6) is 0 Å². The van der Waals surface area contributed by atoms with E-state index in [1.807, 2.05) is 6.92 Å². The maximum atomic E-state index is 4.78. The minimum atomic E-state index is 0.466. The van der Waals surface area contributed by atoms with E-state index in [1.54, 1.807) is 0 Å². The van der Waals surface area contributed by atoms with Crippen molar-refractivity contribution in [3.63, 3.8) is 0 Å². The molecule has 2 heterocycles. The molecule has 0 spiro atoms. The highest BCUT2D eigenvalue weighted by Crippen LogP contribution is 2.38. The summed E-state index contributed by atoms with van der Waals surface area (Å²) in [4.78, 5) is 4.78. The molecule has 0 amide bonds. The summed E-state index contributed by atoms with van der Waals surface area (Å²) in [6.45, 7) is 13.4. The Labute approximate surface area is 198 Å². The topological polar surface area (TPSA) is 21.7 Å². The van der Waals surface area contributed by atoms with Crippen LogP contribution in [0, 0.1) is 13.8 Å². The summed E-state index contributed by atoms with van der Waals surface area (Å²) in [6.07, 6.45) is 4.28. The summed E-state index contributed by atoms with van der Waals surface area (Å²) in [6, 6.07) is 18.0. The van der Waals surface area contributed by atoms with E-state index in [2.05, 4.69) is 119 Å². The molecule has 0 atom stereocenters. The number of aryl methyl sites for hydroxylation is 3. The minimum Gasteiger partial charge on any atom is -0.334 e. The van der Waals surface area contributed by atoms with Crippen molar-refractivity contribution in [2.75, 3.05) is 0 Å². The van der Waals surface area contributed by atoms with Gasteiger partial charge in [0.05, 0.1) is 5.69 Å². The van der Waals surface area contributed by atoms with E-state index >= 15 is 0 Å². The van der Waals surface area contributed by atoms with Gasteiger partial charge in [0.1, 0.15) is 12.9 Å². The molecule has 0 fully saturated rings. The predicted molar refractivity (Wildman–Crippen MR) is 138 cm³/mol. The van der Waals surface area contributed by atoms with Gasteiger partial charge in [-0.3, -0.25) is 0 Å². The molecule has 0 radical (unpaired) electrons. The number of pyridine rings is 1. The second-order valence-electron chi connectivity index (χ2n) is 9.83. The van der Waals surface area contributed by atoms with Gasteiger partial charge in [0.2, 0.25) is 5.69 Å². The van der Waals surface area contributed by atoms with Crippen LogP contribution in [0.1, 0.15) is 61.9 Å². The van der Waals surface area contributed by atoms with Crippen LogP contribution in [0.4, 0.5) is 0 Å². The van der Waals surface area contributed by atoms with Crippen LogP contribution in [-0.2, 0) is 14.1 Å². The van der Waals surface area contributed by atoms with Crippen molar-refractivity contribution in [1.82, 2.24) is 9.55 Å². The summed E-state index contributed by atoms with van der Waals surface area (Å²) in [5, 5.41) is 0. The normalized spacial score (nSPS) is 11.6. The Hall–Kier alpha value is -3.20. The number of imidazole rings is 1. The zero-order chi connectivity index (χ0) is 23.9. The molecule has 2 aromatic heterocycles. The molecular formula is C30H36N3+. The van der Waals surface area contributed by atoms with E-state index in [0.29, 0.717) is 11.8 Å². The molecule has 33 heavy (non-hydrogen) atoms. The largest absolute Gasteiger partial charge is 0.334 e. The molecule has 0 saturated carbocycles. The number of aromatic nitrogens is 3. The minimum absolute atomic E-state index is 0.466. The van der Waals surface area contributed by atoms with E-state index in [1.165, 1.54) is 44.6 Å². The molecule has 3 heteroatoms. The first-order chi connectivity index (χ1) is 15.7. The van der Waals surface area contributed by atoms with Crippen molar-refractivity contribution >= 4 is 0 Å². The van der Waals surface area contributed by atoms with Crippen molar-refractivity contribution in [3.8, 4) is 33.8 Å². The standard InChI is InChI=1S/C30H36N3/c1-19(2)24-11-9-12-25(20(3)4)29(24)23-15-16-32(7)28(17-23)26-13-10-14-27(22(26)6)30-31-21(5)18-33(30)8/h9-20H,1-8H3/q+1. The van der Waals surface area contributed by atoms with Gasteiger partial charge < -0.3 is 4.57 Å². The Bertz CT molecular complexity index is 1280. The summed E-state index contributed by atoms with van der Waals surface area (Å²) < 4.78 is 4.35. The van der Waals surface area contributed by atoms with Crippen molar-refractivity contribution in [3.05, 3.63) is 83.3 Å². The lowest BCUT2D eigenvalue weighted by atomic mass is 9.85. The lowest BCUT2D eigenvalue weighted by molar-refractivity contribution is -0.660. The van der Waals surface area contributed by atoms with Gasteiger partial charge in [-0.05, 0) is 59.6 Å². The molecule has 0 saturated heterocycles. The van der Waals surface area contributed by atoms with E-state index in [0.717, 1.165) is 11.5 Å². The van der Waals surface area contributed by atoms with Crippen LogP contribution < -0.4 is 4.57 Å². The zero-order valence-electron chi connectivity index (χ0n) is 21.3. The van der Waals surface area contributed by atoms with Crippen LogP contribution in [0.3, 0.4) is 0 Å². The molecular weight excluding hydrogens is 402 g/mol. The van der Waals surface area contributed by atoms with Gasteiger partial charge in [0, 0.05) is 36.5 Å². The fourth-order valence-corrected chi connectivity index (χ4v) is 4.90. The maximum Gasteiger partial charge on any atom is 0.213 e. The molecule has 0 bridgehead atoms. The molecule has 4 rings (SSSR count). The Morgan fingerprint density at radius 3 is 2.03 bits per heavy atom. The average Bonchev–Trinajstić information content (AvgIpc) is 3.11. The first-order valence-corrected chi connectivity index (χ1v) is 11.9. The summed E-state index contributed by atoms with van der Waals surface area (Å²) in [7, 11) is 4.20. The molecule has 0 aliphatic rings. The zero-order valence-corrected chi connectivity index (χ0v) is 21.3. The van der Waals surface area contributed by atoms with E-state index < -0.39 is 0 Å². The highest BCUT2D eigenvalue weighted by atomic mass is 15.0. The number of hydrogen-bond acceptors (Lipinski definition) is 1. The van der Waals surface area contributed by atoms with Gasteiger partial charge in [-0.25, -0.2) is 9.55 Å². The van der Waals surface area contributed by atoms with Gasteiger partial charge in [-0.1, -0.05) is 58.0 Å². The fraction of sp³-hybridized carbons (Fsp3) is 0.333. The second kappa shape index (κ2) is 8.97. The molecule has 0 aliphatic carbocycles. The molecule has 0 aliphatic heterocycles. The van der Waals surface area contributed by atoms with Crippen molar-refractivity contribution in [2.45, 2.75) is 53.4 Å². The Morgan fingerprint density at radius 2 is 1.45 bits per heavy atom. The van der Waals surface area contributed by atoms with Crippen molar-refractivity contribution < 1.29 is 4.57 Å². The van der Waals surface area contributed by atoms with E-state index in [-0.39, 0.29) is 0 Å². The van der Waals surface area contributed by atoms with Crippen LogP contribution in [0.2, 0.25) is 0 Å². The number of benzene rings is 2. The first-order valence-electron chi connectivity index (χ1n) is 11.9. The quantitative estimate of drug-likeness (QED) is 0.304. The summed E-state index contributed by atoms with van der Waals surface area (Å²) >= 11 is 0. The molecule has 4 aromatic rings. The highest BCUT2D eigenvalue weighted by Gasteiger charge is 2.21. The fourth-order valence-electron chi connectivity index (χ4n) is 4.90. The third-order valence-corrected chi connectivity index (χ3v) is 6.66. The Morgan fingerprint density at radius 1 is 0.848 bits per heavy atom. The molecule has 2 aromatic carbocycles. The smallest absolute Gasteiger partial charge is 0.213 e. The highest BCUT2D eigenvalue weighted by molar-refractivity contribution is 5.78.